The van der Waals surface area contributed by atoms with Crippen LogP contribution in [0.1, 0.15) is 60.3 Å². The Labute approximate surface area is 275 Å². The van der Waals surface area contributed by atoms with Gasteiger partial charge in [0.1, 0.15) is 5.75 Å². The fourth-order valence-corrected chi connectivity index (χ4v) is 8.04. The minimum Gasteiger partial charge on any atom is -0.406 e. The summed E-state index contributed by atoms with van der Waals surface area (Å²) in [4.78, 5) is 50.1. The van der Waals surface area contributed by atoms with E-state index in [0.29, 0.717) is 59.9 Å². The van der Waals surface area contributed by atoms with Gasteiger partial charge in [0, 0.05) is 36.2 Å². The lowest BCUT2D eigenvalue weighted by Gasteiger charge is -2.36. The molecule has 0 radical (unpaired) electrons. The van der Waals surface area contributed by atoms with Gasteiger partial charge in [-0.2, -0.15) is 0 Å². The Morgan fingerprint density at radius 1 is 1.04 bits per heavy atom. The van der Waals surface area contributed by atoms with Gasteiger partial charge in [-0.3, -0.25) is 19.0 Å². The molecule has 2 aromatic carbocycles. The molecule has 46 heavy (non-hydrogen) atoms. The molecule has 2 N–H and O–H groups in total. The van der Waals surface area contributed by atoms with Gasteiger partial charge in [-0.25, -0.2) is 4.98 Å². The zero-order valence-electron chi connectivity index (χ0n) is 25.5. The lowest BCUT2D eigenvalue weighted by atomic mass is 9.85. The van der Waals surface area contributed by atoms with E-state index >= 15 is 0 Å². The number of aromatic nitrogens is 2. The number of ether oxygens (including phenoxy) is 1. The molecule has 1 aliphatic carbocycles. The molecule has 1 aromatic heterocycles. The van der Waals surface area contributed by atoms with Crippen LogP contribution in [0.5, 0.6) is 5.75 Å². The topological polar surface area (TPSA) is 106 Å². The molecule has 2 aliphatic rings. The highest BCUT2D eigenvalue weighted by atomic mass is 35.5. The molecule has 15 heteroatoms. The van der Waals surface area contributed by atoms with E-state index in [9.17, 15) is 27.6 Å². The molecule has 1 fully saturated rings. The Morgan fingerprint density at radius 3 is 2.33 bits per heavy atom. The van der Waals surface area contributed by atoms with Crippen LogP contribution in [0.15, 0.2) is 47.3 Å². The van der Waals surface area contributed by atoms with Gasteiger partial charge in [0.15, 0.2) is 14.9 Å². The maximum Gasteiger partial charge on any atom is 0.573 e. The Hall–Kier alpha value is -3.55. The maximum atomic E-state index is 14.2. The van der Waals surface area contributed by atoms with Crippen molar-refractivity contribution in [3.05, 3.63) is 79.7 Å². The van der Waals surface area contributed by atoms with E-state index in [1.165, 1.54) is 18.2 Å². The van der Waals surface area contributed by atoms with E-state index in [1.54, 1.807) is 40.8 Å². The molecule has 5 rings (SSSR count). The number of benzene rings is 2. The molecule has 0 bridgehead atoms. The average molecular weight is 697 g/mol. The van der Waals surface area contributed by atoms with Crippen molar-refractivity contribution < 1.29 is 27.5 Å². The van der Waals surface area contributed by atoms with Crippen LogP contribution in [0.25, 0.3) is 0 Å². The number of fused-ring (bicyclic) bond motifs is 1. The van der Waals surface area contributed by atoms with Gasteiger partial charge in [0.05, 0.1) is 22.3 Å². The Balaban J connectivity index is 1.48. The van der Waals surface area contributed by atoms with Crippen LogP contribution in [-0.4, -0.2) is 54.7 Å². The number of hydrogen-bond donors (Lipinski definition) is 2. The summed E-state index contributed by atoms with van der Waals surface area (Å²) >= 11 is 12.2. The van der Waals surface area contributed by atoms with Crippen LogP contribution < -0.4 is 25.8 Å². The van der Waals surface area contributed by atoms with Crippen molar-refractivity contribution in [1.82, 2.24) is 19.8 Å². The summed E-state index contributed by atoms with van der Waals surface area (Å²) in [6.07, 6.45) is -2.06. The van der Waals surface area contributed by atoms with Crippen molar-refractivity contribution >= 4 is 55.1 Å². The molecular formula is C31H34Cl2F3N5O4Si. The predicted molar refractivity (Wildman–Crippen MR) is 172 cm³/mol. The average Bonchev–Trinajstić information content (AvgIpc) is 3.01. The molecule has 2 heterocycles. The number of alkyl halides is 3. The molecule has 2 atom stereocenters. The first-order chi connectivity index (χ1) is 21.8. The van der Waals surface area contributed by atoms with Crippen molar-refractivity contribution in [2.45, 2.75) is 70.6 Å². The van der Waals surface area contributed by atoms with E-state index in [0.717, 1.165) is 5.19 Å². The van der Waals surface area contributed by atoms with Crippen molar-refractivity contribution in [2.75, 3.05) is 12.0 Å². The van der Waals surface area contributed by atoms with Crippen LogP contribution in [0.4, 0.5) is 19.1 Å². The van der Waals surface area contributed by atoms with Gasteiger partial charge < -0.3 is 19.9 Å². The molecule has 0 unspecified atom stereocenters. The van der Waals surface area contributed by atoms with Crippen LogP contribution in [0, 0.1) is 5.92 Å². The smallest absolute Gasteiger partial charge is 0.406 e. The van der Waals surface area contributed by atoms with Gasteiger partial charge in [-0.05, 0) is 74.5 Å². The SMILES string of the molecule is CNC(=O)[C@H]1CC[C@H](n2c(N[Si@@H](C)c3ccc(OC(F)(F)F)cc3)nc3c(c2=O)C[C@@H](C)N(C(=O)c2ccc(Cl)c(Cl)c2)C3)CC1. The summed E-state index contributed by atoms with van der Waals surface area (Å²) in [6.45, 7) is 3.92. The number of halogens is 5. The van der Waals surface area contributed by atoms with Gasteiger partial charge in [-0.15, -0.1) is 13.2 Å². The minimum absolute atomic E-state index is 0.0211. The van der Waals surface area contributed by atoms with E-state index in [2.05, 4.69) is 15.0 Å². The standard InChI is InChI=1S/C31H34Cl2F3N5O4Si/c1-17-14-23-26(16-40(17)28(43)19-6-13-24(32)25(33)15-19)38-30(39-46(3)22-11-9-21(10-12-22)45-31(34,35)36)41(29(23)44)20-7-4-18(5-8-20)27(42)37-2/h6,9-13,15,17-18,20,46H,4-5,7-8,14,16H2,1-3H3,(H,37,42)(H,38,39)/t17-,18-,20-,46+/m1/s1. The number of nitrogens with zero attached hydrogens (tertiary/aromatic N) is 3. The number of carbonyl (C=O) groups excluding carboxylic acids is 2. The summed E-state index contributed by atoms with van der Waals surface area (Å²) in [7, 11) is -0.514. The second-order valence-electron chi connectivity index (χ2n) is 11.8. The van der Waals surface area contributed by atoms with E-state index in [-0.39, 0.29) is 52.7 Å². The predicted octanol–water partition coefficient (Wildman–Crippen LogP) is 5.19. The number of carbonyl (C=O) groups is 2. The van der Waals surface area contributed by atoms with Crippen molar-refractivity contribution in [1.29, 1.82) is 0 Å². The monoisotopic (exact) mass is 695 g/mol. The summed E-state index contributed by atoms with van der Waals surface area (Å²) < 4.78 is 43.7. The van der Waals surface area contributed by atoms with E-state index < -0.39 is 15.3 Å². The van der Waals surface area contributed by atoms with Gasteiger partial charge in [-0.1, -0.05) is 41.9 Å². The maximum absolute atomic E-state index is 14.2. The van der Waals surface area contributed by atoms with Gasteiger partial charge in [0.2, 0.25) is 5.91 Å². The number of rotatable bonds is 7. The minimum atomic E-state index is -4.80. The highest BCUT2D eigenvalue weighted by Gasteiger charge is 2.35. The van der Waals surface area contributed by atoms with Crippen LogP contribution in [0.3, 0.4) is 0 Å². The van der Waals surface area contributed by atoms with Crippen LogP contribution in [-0.2, 0) is 17.8 Å². The molecule has 0 saturated heterocycles. The largest absolute Gasteiger partial charge is 0.573 e. The Morgan fingerprint density at radius 2 is 1.72 bits per heavy atom. The van der Waals surface area contributed by atoms with Crippen LogP contribution >= 0.6 is 23.2 Å². The molecule has 0 spiro atoms. The fourth-order valence-electron chi connectivity index (χ4n) is 6.22. The summed E-state index contributed by atoms with van der Waals surface area (Å²) in [5, 5.41) is 4.07. The third-order valence-corrected chi connectivity index (χ3v) is 11.5. The van der Waals surface area contributed by atoms with Crippen molar-refractivity contribution in [3.8, 4) is 5.75 Å². The molecule has 246 valence electrons. The molecule has 9 nitrogen and oxygen atoms in total. The van der Waals surface area contributed by atoms with E-state index in [1.807, 2.05) is 13.5 Å². The highest BCUT2D eigenvalue weighted by Crippen LogP contribution is 2.34. The first-order valence-corrected chi connectivity index (χ1v) is 18.1. The summed E-state index contributed by atoms with van der Waals surface area (Å²) in [5.74, 6) is -0.403. The summed E-state index contributed by atoms with van der Waals surface area (Å²) in [5.41, 5.74) is 1.18. The normalized spacial score (nSPS) is 20.4. The number of nitrogens with one attached hydrogen (secondary N) is 2. The molecular weight excluding hydrogens is 662 g/mol. The van der Waals surface area contributed by atoms with Gasteiger partial charge >= 0.3 is 6.36 Å². The Bertz CT molecular complexity index is 1680. The first kappa shape index (κ1) is 33.8. The first-order valence-electron chi connectivity index (χ1n) is 15.0. The molecule has 1 saturated carbocycles. The zero-order valence-corrected chi connectivity index (χ0v) is 28.1. The van der Waals surface area contributed by atoms with Gasteiger partial charge in [0.25, 0.3) is 11.5 Å². The van der Waals surface area contributed by atoms with Crippen molar-refractivity contribution in [3.63, 3.8) is 0 Å². The number of hydrogen-bond acceptors (Lipinski definition) is 6. The number of amides is 2. The second-order valence-corrected chi connectivity index (χ2v) is 15.0. The Kier molecular flexibility index (Phi) is 10.0. The third kappa shape index (κ3) is 7.36. The molecule has 3 aromatic rings. The third-order valence-electron chi connectivity index (χ3n) is 8.71. The zero-order chi connectivity index (χ0) is 33.3. The second kappa shape index (κ2) is 13.7. The molecule has 2 amide bonds. The lowest BCUT2D eigenvalue weighted by Crippen LogP contribution is -2.47. The quantitative estimate of drug-likeness (QED) is 0.330. The molecule has 1 aliphatic heterocycles. The van der Waals surface area contributed by atoms with Crippen LogP contribution in [0.2, 0.25) is 16.6 Å². The number of anilines is 1. The van der Waals surface area contributed by atoms with Crippen molar-refractivity contribution in [2.24, 2.45) is 5.92 Å². The lowest BCUT2D eigenvalue weighted by molar-refractivity contribution is -0.274. The van der Waals surface area contributed by atoms with E-state index in [4.69, 9.17) is 28.2 Å². The fraction of sp³-hybridized carbons (Fsp3) is 0.419. The summed E-state index contributed by atoms with van der Waals surface area (Å²) in [6, 6.07) is 9.83. The highest BCUT2D eigenvalue weighted by molar-refractivity contribution is 6.74.